The number of nitrogens with one attached hydrogen (secondary N) is 1. The summed E-state index contributed by atoms with van der Waals surface area (Å²) in [5.41, 5.74) is 0.391. The van der Waals surface area contributed by atoms with Gasteiger partial charge in [-0.15, -0.1) is 0 Å². The lowest BCUT2D eigenvalue weighted by molar-refractivity contribution is -0.139. The van der Waals surface area contributed by atoms with E-state index in [9.17, 15) is 14.7 Å². The summed E-state index contributed by atoms with van der Waals surface area (Å²) >= 11 is 0. The quantitative estimate of drug-likeness (QED) is 0.827. The van der Waals surface area contributed by atoms with Crippen LogP contribution in [-0.4, -0.2) is 45.5 Å². The molecule has 2 heterocycles. The molecule has 7 nitrogen and oxygen atoms in total. The molecule has 148 valence electrons. The van der Waals surface area contributed by atoms with Crippen molar-refractivity contribution in [2.75, 3.05) is 11.9 Å². The average molecular weight is 383 g/mol. The van der Waals surface area contributed by atoms with E-state index in [0.717, 1.165) is 19.3 Å². The molecule has 1 aromatic heterocycles. The minimum absolute atomic E-state index is 0.0212. The Morgan fingerprint density at radius 3 is 2.50 bits per heavy atom. The SMILES string of the molecule is C[C@@H]1CCC[C@@H](C)N1C(=O)COc1ccc(C(=O)Nc2ncccc2O)cc1. The van der Waals surface area contributed by atoms with Gasteiger partial charge in [0.2, 0.25) is 0 Å². The number of anilines is 1. The van der Waals surface area contributed by atoms with Crippen molar-refractivity contribution in [2.24, 2.45) is 0 Å². The smallest absolute Gasteiger partial charge is 0.260 e. The molecule has 0 aliphatic carbocycles. The maximum Gasteiger partial charge on any atom is 0.260 e. The summed E-state index contributed by atoms with van der Waals surface area (Å²) in [7, 11) is 0. The zero-order chi connectivity index (χ0) is 20.1. The zero-order valence-electron chi connectivity index (χ0n) is 16.1. The molecule has 0 bridgehead atoms. The number of aromatic hydroxyl groups is 1. The predicted molar refractivity (Wildman–Crippen MR) is 105 cm³/mol. The topological polar surface area (TPSA) is 91.8 Å². The minimum atomic E-state index is -0.396. The highest BCUT2D eigenvalue weighted by atomic mass is 16.5. The van der Waals surface area contributed by atoms with E-state index in [1.54, 1.807) is 30.3 Å². The number of amides is 2. The number of rotatable bonds is 5. The molecule has 2 atom stereocenters. The molecule has 0 saturated carbocycles. The molecule has 1 aliphatic heterocycles. The predicted octanol–water partition coefficient (Wildman–Crippen LogP) is 3.21. The number of hydrogen-bond donors (Lipinski definition) is 2. The first-order valence-corrected chi connectivity index (χ1v) is 9.45. The first-order chi connectivity index (χ1) is 13.5. The Balaban J connectivity index is 1.56. The van der Waals surface area contributed by atoms with Crippen LogP contribution in [0, 0.1) is 0 Å². The summed E-state index contributed by atoms with van der Waals surface area (Å²) in [6.45, 7) is 4.11. The van der Waals surface area contributed by atoms with Gasteiger partial charge in [-0.05, 0) is 69.5 Å². The van der Waals surface area contributed by atoms with Crippen molar-refractivity contribution in [3.63, 3.8) is 0 Å². The molecule has 3 rings (SSSR count). The highest BCUT2D eigenvalue weighted by Crippen LogP contribution is 2.23. The molecule has 28 heavy (non-hydrogen) atoms. The number of aromatic nitrogens is 1. The number of benzene rings is 1. The Hall–Kier alpha value is -3.09. The molecular formula is C21H25N3O4. The van der Waals surface area contributed by atoms with E-state index in [1.165, 1.54) is 12.3 Å². The fourth-order valence-electron chi connectivity index (χ4n) is 3.51. The Labute approximate surface area is 164 Å². The second kappa shape index (κ2) is 8.73. The summed E-state index contributed by atoms with van der Waals surface area (Å²) in [6, 6.07) is 9.96. The van der Waals surface area contributed by atoms with Crippen molar-refractivity contribution in [1.82, 2.24) is 9.88 Å². The van der Waals surface area contributed by atoms with Gasteiger partial charge in [-0.3, -0.25) is 9.59 Å². The maximum atomic E-state index is 12.5. The lowest BCUT2D eigenvalue weighted by Crippen LogP contribution is -2.49. The normalized spacial score (nSPS) is 19.1. The Morgan fingerprint density at radius 1 is 1.18 bits per heavy atom. The maximum absolute atomic E-state index is 12.5. The second-order valence-corrected chi connectivity index (χ2v) is 7.07. The third kappa shape index (κ3) is 4.60. The number of carbonyl (C=O) groups excluding carboxylic acids is 2. The number of nitrogens with zero attached hydrogens (tertiary/aromatic N) is 2. The van der Waals surface area contributed by atoms with Crippen LogP contribution in [0.15, 0.2) is 42.6 Å². The third-order valence-electron chi connectivity index (χ3n) is 4.98. The van der Waals surface area contributed by atoms with Crippen LogP contribution in [0.5, 0.6) is 11.5 Å². The first kappa shape index (κ1) is 19.7. The molecule has 1 aliphatic rings. The molecule has 2 aromatic rings. The van der Waals surface area contributed by atoms with Crippen LogP contribution in [0.2, 0.25) is 0 Å². The number of likely N-dealkylation sites (tertiary alicyclic amines) is 1. The van der Waals surface area contributed by atoms with Crippen molar-refractivity contribution in [3.05, 3.63) is 48.2 Å². The number of pyridine rings is 1. The fraction of sp³-hybridized carbons (Fsp3) is 0.381. The van der Waals surface area contributed by atoms with E-state index >= 15 is 0 Å². The fourth-order valence-corrected chi connectivity index (χ4v) is 3.51. The minimum Gasteiger partial charge on any atom is -0.504 e. The van der Waals surface area contributed by atoms with Gasteiger partial charge in [-0.1, -0.05) is 0 Å². The Bertz CT molecular complexity index is 828. The lowest BCUT2D eigenvalue weighted by atomic mass is 9.97. The first-order valence-electron chi connectivity index (χ1n) is 9.45. The van der Waals surface area contributed by atoms with Crippen LogP contribution in [-0.2, 0) is 4.79 Å². The molecule has 0 radical (unpaired) electrons. The van der Waals surface area contributed by atoms with E-state index in [2.05, 4.69) is 24.1 Å². The monoisotopic (exact) mass is 383 g/mol. The van der Waals surface area contributed by atoms with Crippen molar-refractivity contribution >= 4 is 17.6 Å². The van der Waals surface area contributed by atoms with Crippen LogP contribution < -0.4 is 10.1 Å². The zero-order valence-corrected chi connectivity index (χ0v) is 16.1. The summed E-state index contributed by atoms with van der Waals surface area (Å²) in [5.74, 6) is 0.0984. The summed E-state index contributed by atoms with van der Waals surface area (Å²) in [5, 5.41) is 12.2. The summed E-state index contributed by atoms with van der Waals surface area (Å²) in [6.07, 6.45) is 4.66. The molecule has 1 fully saturated rings. The molecular weight excluding hydrogens is 358 g/mol. The Kier molecular flexibility index (Phi) is 6.13. The van der Waals surface area contributed by atoms with Gasteiger partial charge in [0, 0.05) is 23.8 Å². The molecule has 0 unspecified atom stereocenters. The third-order valence-corrected chi connectivity index (χ3v) is 4.98. The van der Waals surface area contributed by atoms with E-state index in [-0.39, 0.29) is 36.2 Å². The van der Waals surface area contributed by atoms with E-state index in [1.807, 2.05) is 4.90 Å². The van der Waals surface area contributed by atoms with Crippen molar-refractivity contribution in [1.29, 1.82) is 0 Å². The molecule has 1 aromatic carbocycles. The number of hydrogen-bond acceptors (Lipinski definition) is 5. The van der Waals surface area contributed by atoms with Crippen LogP contribution in [0.25, 0.3) is 0 Å². The van der Waals surface area contributed by atoms with Crippen LogP contribution in [0.3, 0.4) is 0 Å². The van der Waals surface area contributed by atoms with Gasteiger partial charge in [0.25, 0.3) is 11.8 Å². The average Bonchev–Trinajstić information content (AvgIpc) is 2.68. The van der Waals surface area contributed by atoms with Gasteiger partial charge >= 0.3 is 0 Å². The van der Waals surface area contributed by atoms with Gasteiger partial charge in [-0.2, -0.15) is 0 Å². The highest BCUT2D eigenvalue weighted by Gasteiger charge is 2.28. The van der Waals surface area contributed by atoms with Gasteiger partial charge < -0.3 is 20.1 Å². The Morgan fingerprint density at radius 2 is 1.86 bits per heavy atom. The van der Waals surface area contributed by atoms with Crippen LogP contribution in [0.1, 0.15) is 43.5 Å². The van der Waals surface area contributed by atoms with Crippen molar-refractivity contribution in [2.45, 2.75) is 45.2 Å². The highest BCUT2D eigenvalue weighted by molar-refractivity contribution is 6.04. The van der Waals surface area contributed by atoms with Crippen LogP contribution >= 0.6 is 0 Å². The molecule has 7 heteroatoms. The molecule has 1 saturated heterocycles. The standard InChI is InChI=1S/C21H25N3O4/c1-14-5-3-6-15(2)24(14)19(26)13-28-17-10-8-16(9-11-17)21(27)23-20-18(25)7-4-12-22-20/h4,7-12,14-15,25H,3,5-6,13H2,1-2H3,(H,22,23,27)/t14-,15-/m1/s1. The van der Waals surface area contributed by atoms with E-state index in [4.69, 9.17) is 4.74 Å². The molecule has 2 amide bonds. The number of ether oxygens (including phenoxy) is 1. The number of carbonyl (C=O) groups is 2. The van der Waals surface area contributed by atoms with E-state index in [0.29, 0.717) is 11.3 Å². The number of piperidine rings is 1. The molecule has 0 spiro atoms. The van der Waals surface area contributed by atoms with Gasteiger partial charge in [0.05, 0.1) is 0 Å². The van der Waals surface area contributed by atoms with Gasteiger partial charge in [-0.25, -0.2) is 4.98 Å². The van der Waals surface area contributed by atoms with Gasteiger partial charge in [0.15, 0.2) is 18.2 Å². The summed E-state index contributed by atoms with van der Waals surface area (Å²) in [4.78, 5) is 30.6. The summed E-state index contributed by atoms with van der Waals surface area (Å²) < 4.78 is 5.61. The van der Waals surface area contributed by atoms with Crippen LogP contribution in [0.4, 0.5) is 5.82 Å². The lowest BCUT2D eigenvalue weighted by Gasteiger charge is -2.38. The van der Waals surface area contributed by atoms with Crippen molar-refractivity contribution < 1.29 is 19.4 Å². The van der Waals surface area contributed by atoms with E-state index < -0.39 is 5.91 Å². The van der Waals surface area contributed by atoms with Crippen molar-refractivity contribution in [3.8, 4) is 11.5 Å². The van der Waals surface area contributed by atoms with Gasteiger partial charge in [0.1, 0.15) is 5.75 Å². The molecule has 2 N–H and O–H groups in total. The largest absolute Gasteiger partial charge is 0.504 e. The second-order valence-electron chi connectivity index (χ2n) is 7.07.